The lowest BCUT2D eigenvalue weighted by Gasteiger charge is -2.21. The zero-order valence-corrected chi connectivity index (χ0v) is 11.0. The molecular weight excluding hydrogens is 248 g/mol. The molecule has 0 radical (unpaired) electrons. The first-order valence-electron chi connectivity index (χ1n) is 6.15. The van der Waals surface area contributed by atoms with E-state index in [1.165, 1.54) is 12.0 Å². The summed E-state index contributed by atoms with van der Waals surface area (Å²) in [6.45, 7) is 1.13. The van der Waals surface area contributed by atoms with Gasteiger partial charge in [-0.1, -0.05) is 11.6 Å². The molecule has 0 amide bonds. The third-order valence-electron chi connectivity index (χ3n) is 3.57. The molecule has 0 N–H and O–H groups in total. The molecule has 0 saturated carbocycles. The summed E-state index contributed by atoms with van der Waals surface area (Å²) in [6, 6.07) is 6.16. The second kappa shape index (κ2) is 4.75. The van der Waals surface area contributed by atoms with Crippen LogP contribution in [0.1, 0.15) is 24.4 Å². The Morgan fingerprint density at radius 1 is 1.50 bits per heavy atom. The summed E-state index contributed by atoms with van der Waals surface area (Å²) in [6.07, 6.45) is 5.95. The summed E-state index contributed by atoms with van der Waals surface area (Å²) in [5, 5.41) is 0.505. The average Bonchev–Trinajstić information content (AvgIpc) is 3.00. The number of aromatic nitrogens is 1. The fraction of sp³-hybridized carbons (Fsp3) is 0.357. The molecule has 1 unspecified atom stereocenters. The largest absolute Gasteiger partial charge is 0.464 e. The minimum atomic E-state index is 0.412. The van der Waals surface area contributed by atoms with Gasteiger partial charge in [0.1, 0.15) is 10.9 Å². The van der Waals surface area contributed by atoms with Crippen molar-refractivity contribution >= 4 is 11.6 Å². The lowest BCUT2D eigenvalue weighted by molar-refractivity contribution is 0.317. The molecule has 1 atom stereocenters. The van der Waals surface area contributed by atoms with E-state index in [0.717, 1.165) is 24.3 Å². The molecule has 2 aromatic rings. The number of likely N-dealkylation sites (tertiary alicyclic amines) is 1. The van der Waals surface area contributed by atoms with E-state index < -0.39 is 0 Å². The predicted octanol–water partition coefficient (Wildman–Crippen LogP) is 3.76. The fourth-order valence-corrected chi connectivity index (χ4v) is 2.81. The van der Waals surface area contributed by atoms with Crippen LogP contribution in [0.5, 0.6) is 0 Å². The molecule has 0 spiro atoms. The third-order valence-corrected chi connectivity index (χ3v) is 3.77. The molecule has 0 bridgehead atoms. The van der Waals surface area contributed by atoms with Crippen molar-refractivity contribution < 1.29 is 4.42 Å². The van der Waals surface area contributed by atoms with E-state index in [-0.39, 0.29) is 0 Å². The lowest BCUT2D eigenvalue weighted by Crippen LogP contribution is -2.18. The van der Waals surface area contributed by atoms with Crippen LogP contribution in [0.4, 0.5) is 0 Å². The standard InChI is InChI=1S/C14H15ClN2O/c1-17-6-2-4-12(17)11-9-16-14(15)8-10(11)13-5-3-7-18-13/h3,5,7-9,12H,2,4,6H2,1H3. The number of hydrogen-bond donors (Lipinski definition) is 0. The highest BCUT2D eigenvalue weighted by Crippen LogP contribution is 2.37. The second-order valence-corrected chi connectivity index (χ2v) is 5.10. The van der Waals surface area contributed by atoms with Crippen LogP contribution in [-0.4, -0.2) is 23.5 Å². The van der Waals surface area contributed by atoms with Gasteiger partial charge in [0.25, 0.3) is 0 Å². The van der Waals surface area contributed by atoms with Gasteiger partial charge in [-0.15, -0.1) is 0 Å². The molecule has 4 heteroatoms. The molecule has 0 aromatic carbocycles. The number of furan rings is 1. The van der Waals surface area contributed by atoms with E-state index in [1.807, 2.05) is 24.4 Å². The Labute approximate surface area is 111 Å². The molecule has 2 aromatic heterocycles. The van der Waals surface area contributed by atoms with Crippen molar-refractivity contribution in [1.29, 1.82) is 0 Å². The maximum atomic E-state index is 6.01. The van der Waals surface area contributed by atoms with Crippen LogP contribution in [0.15, 0.2) is 35.1 Å². The highest BCUT2D eigenvalue weighted by molar-refractivity contribution is 6.29. The molecular formula is C14H15ClN2O. The Morgan fingerprint density at radius 3 is 3.06 bits per heavy atom. The number of rotatable bonds is 2. The maximum absolute atomic E-state index is 6.01. The van der Waals surface area contributed by atoms with E-state index in [4.69, 9.17) is 16.0 Å². The van der Waals surface area contributed by atoms with Gasteiger partial charge in [-0.2, -0.15) is 0 Å². The van der Waals surface area contributed by atoms with Crippen molar-refractivity contribution in [2.24, 2.45) is 0 Å². The molecule has 18 heavy (non-hydrogen) atoms. The van der Waals surface area contributed by atoms with Crippen molar-refractivity contribution in [3.8, 4) is 11.3 Å². The normalized spacial score (nSPS) is 20.4. The number of hydrogen-bond acceptors (Lipinski definition) is 3. The highest BCUT2D eigenvalue weighted by Gasteiger charge is 2.26. The first-order chi connectivity index (χ1) is 8.75. The van der Waals surface area contributed by atoms with Crippen molar-refractivity contribution in [3.63, 3.8) is 0 Å². The van der Waals surface area contributed by atoms with Gasteiger partial charge < -0.3 is 4.42 Å². The van der Waals surface area contributed by atoms with Gasteiger partial charge in [0.05, 0.1) is 6.26 Å². The average molecular weight is 263 g/mol. The van der Waals surface area contributed by atoms with Crippen LogP contribution >= 0.6 is 11.6 Å². The zero-order valence-electron chi connectivity index (χ0n) is 10.3. The molecule has 0 aliphatic carbocycles. The van der Waals surface area contributed by atoms with Gasteiger partial charge in [0, 0.05) is 17.8 Å². The smallest absolute Gasteiger partial charge is 0.134 e. The zero-order chi connectivity index (χ0) is 12.5. The Balaban J connectivity index is 2.09. The molecule has 94 valence electrons. The third kappa shape index (κ3) is 2.04. The number of halogens is 1. The molecule has 1 saturated heterocycles. The monoisotopic (exact) mass is 262 g/mol. The topological polar surface area (TPSA) is 29.3 Å². The number of pyridine rings is 1. The van der Waals surface area contributed by atoms with E-state index in [0.29, 0.717) is 11.2 Å². The quantitative estimate of drug-likeness (QED) is 0.772. The Hall–Kier alpha value is -1.32. The first-order valence-corrected chi connectivity index (χ1v) is 6.53. The van der Waals surface area contributed by atoms with Gasteiger partial charge >= 0.3 is 0 Å². The van der Waals surface area contributed by atoms with E-state index in [1.54, 1.807) is 6.26 Å². The molecule has 3 heterocycles. The van der Waals surface area contributed by atoms with Gasteiger partial charge in [-0.05, 0) is 50.2 Å². The Bertz CT molecular complexity index is 539. The van der Waals surface area contributed by atoms with Crippen molar-refractivity contribution in [1.82, 2.24) is 9.88 Å². The molecule has 1 aliphatic rings. The number of nitrogens with zero attached hydrogens (tertiary/aromatic N) is 2. The van der Waals surface area contributed by atoms with Crippen molar-refractivity contribution in [3.05, 3.63) is 41.4 Å². The highest BCUT2D eigenvalue weighted by atomic mass is 35.5. The summed E-state index contributed by atoms with van der Waals surface area (Å²) >= 11 is 6.01. The summed E-state index contributed by atoms with van der Waals surface area (Å²) < 4.78 is 5.51. The van der Waals surface area contributed by atoms with Crippen LogP contribution < -0.4 is 0 Å². The molecule has 3 nitrogen and oxygen atoms in total. The lowest BCUT2D eigenvalue weighted by atomic mass is 9.99. The molecule has 3 rings (SSSR count). The summed E-state index contributed by atoms with van der Waals surface area (Å²) in [7, 11) is 2.15. The minimum Gasteiger partial charge on any atom is -0.464 e. The second-order valence-electron chi connectivity index (χ2n) is 4.71. The van der Waals surface area contributed by atoms with E-state index in [9.17, 15) is 0 Å². The van der Waals surface area contributed by atoms with Crippen LogP contribution in [0, 0.1) is 0 Å². The summed E-state index contributed by atoms with van der Waals surface area (Å²) in [5.74, 6) is 0.856. The maximum Gasteiger partial charge on any atom is 0.134 e. The summed E-state index contributed by atoms with van der Waals surface area (Å²) in [5.41, 5.74) is 2.26. The summed E-state index contributed by atoms with van der Waals surface area (Å²) in [4.78, 5) is 6.58. The predicted molar refractivity (Wildman–Crippen MR) is 71.6 cm³/mol. The van der Waals surface area contributed by atoms with Crippen LogP contribution in [-0.2, 0) is 0 Å². The van der Waals surface area contributed by atoms with Crippen LogP contribution in [0.3, 0.4) is 0 Å². The Morgan fingerprint density at radius 2 is 2.39 bits per heavy atom. The first kappa shape index (κ1) is 11.8. The molecule has 1 aliphatic heterocycles. The van der Waals surface area contributed by atoms with Gasteiger partial charge in [0.2, 0.25) is 0 Å². The minimum absolute atomic E-state index is 0.412. The molecule has 1 fully saturated rings. The fourth-order valence-electron chi connectivity index (χ4n) is 2.65. The SMILES string of the molecule is CN1CCCC1c1cnc(Cl)cc1-c1ccco1. The van der Waals surface area contributed by atoms with Gasteiger partial charge in [-0.3, -0.25) is 4.90 Å². The van der Waals surface area contributed by atoms with Crippen molar-refractivity contribution in [2.45, 2.75) is 18.9 Å². The van der Waals surface area contributed by atoms with Gasteiger partial charge in [0.15, 0.2) is 0 Å². The Kier molecular flexibility index (Phi) is 3.10. The van der Waals surface area contributed by atoms with E-state index >= 15 is 0 Å². The van der Waals surface area contributed by atoms with Crippen LogP contribution in [0.2, 0.25) is 5.15 Å². The van der Waals surface area contributed by atoms with Crippen molar-refractivity contribution in [2.75, 3.05) is 13.6 Å². The van der Waals surface area contributed by atoms with Gasteiger partial charge in [-0.25, -0.2) is 4.98 Å². The van der Waals surface area contributed by atoms with E-state index in [2.05, 4.69) is 16.9 Å². The van der Waals surface area contributed by atoms with Crippen LogP contribution in [0.25, 0.3) is 11.3 Å².